The van der Waals surface area contributed by atoms with Crippen LogP contribution in [-0.2, 0) is 9.53 Å². The SMILES string of the molecule is CC1CN(C(=O)C2CCCC2N)CCO1. The average Bonchev–Trinajstić information content (AvgIpc) is 2.63. The van der Waals surface area contributed by atoms with Crippen LogP contribution in [0, 0.1) is 5.92 Å². The Morgan fingerprint density at radius 1 is 1.47 bits per heavy atom. The molecule has 0 radical (unpaired) electrons. The number of amides is 1. The zero-order chi connectivity index (χ0) is 10.8. The zero-order valence-corrected chi connectivity index (χ0v) is 9.32. The molecule has 1 saturated heterocycles. The second-order valence-corrected chi connectivity index (χ2v) is 4.67. The van der Waals surface area contributed by atoms with Crippen LogP contribution in [0.3, 0.4) is 0 Å². The van der Waals surface area contributed by atoms with Crippen molar-refractivity contribution >= 4 is 5.91 Å². The highest BCUT2D eigenvalue weighted by molar-refractivity contribution is 5.80. The van der Waals surface area contributed by atoms with E-state index in [1.807, 2.05) is 11.8 Å². The van der Waals surface area contributed by atoms with Gasteiger partial charge in [-0.05, 0) is 19.8 Å². The number of rotatable bonds is 1. The number of carbonyl (C=O) groups is 1. The lowest BCUT2D eigenvalue weighted by Crippen LogP contribution is -2.49. The molecule has 2 rings (SSSR count). The van der Waals surface area contributed by atoms with Gasteiger partial charge in [0.15, 0.2) is 0 Å². The van der Waals surface area contributed by atoms with E-state index in [4.69, 9.17) is 10.5 Å². The molecule has 15 heavy (non-hydrogen) atoms. The van der Waals surface area contributed by atoms with E-state index in [0.29, 0.717) is 6.61 Å². The van der Waals surface area contributed by atoms with E-state index in [2.05, 4.69) is 0 Å². The molecule has 1 aliphatic heterocycles. The Bertz CT molecular complexity index is 245. The minimum absolute atomic E-state index is 0.0651. The molecule has 2 N–H and O–H groups in total. The first kappa shape index (κ1) is 10.9. The number of hydrogen-bond donors (Lipinski definition) is 1. The standard InChI is InChI=1S/C11H20N2O2/c1-8-7-13(5-6-15-8)11(14)9-3-2-4-10(9)12/h8-10H,2-7,12H2,1H3. The summed E-state index contributed by atoms with van der Waals surface area (Å²) in [7, 11) is 0. The maximum Gasteiger partial charge on any atom is 0.227 e. The minimum Gasteiger partial charge on any atom is -0.375 e. The molecule has 86 valence electrons. The quantitative estimate of drug-likeness (QED) is 0.683. The summed E-state index contributed by atoms with van der Waals surface area (Å²) in [5.41, 5.74) is 5.94. The van der Waals surface area contributed by atoms with E-state index < -0.39 is 0 Å². The second-order valence-electron chi connectivity index (χ2n) is 4.67. The van der Waals surface area contributed by atoms with E-state index in [0.717, 1.165) is 32.4 Å². The molecule has 4 nitrogen and oxygen atoms in total. The summed E-state index contributed by atoms with van der Waals surface area (Å²) < 4.78 is 5.42. The van der Waals surface area contributed by atoms with Crippen LogP contribution in [0.4, 0.5) is 0 Å². The molecule has 0 aromatic rings. The topological polar surface area (TPSA) is 55.6 Å². The predicted octanol–water partition coefficient (Wildman–Crippen LogP) is 0.361. The number of nitrogens with two attached hydrogens (primary N) is 1. The molecule has 1 saturated carbocycles. The Labute approximate surface area is 90.8 Å². The van der Waals surface area contributed by atoms with Crippen LogP contribution in [0.1, 0.15) is 26.2 Å². The Balaban J connectivity index is 1.94. The molecule has 1 amide bonds. The van der Waals surface area contributed by atoms with Crippen molar-refractivity contribution in [2.45, 2.75) is 38.3 Å². The molecule has 1 heterocycles. The van der Waals surface area contributed by atoms with Crippen LogP contribution in [0.2, 0.25) is 0 Å². The number of ether oxygens (including phenoxy) is 1. The molecular weight excluding hydrogens is 192 g/mol. The van der Waals surface area contributed by atoms with Crippen LogP contribution in [0.15, 0.2) is 0 Å². The molecule has 0 aromatic heterocycles. The summed E-state index contributed by atoms with van der Waals surface area (Å²) in [4.78, 5) is 14.1. The van der Waals surface area contributed by atoms with Crippen molar-refractivity contribution < 1.29 is 9.53 Å². The van der Waals surface area contributed by atoms with Gasteiger partial charge in [-0.2, -0.15) is 0 Å². The van der Waals surface area contributed by atoms with Gasteiger partial charge in [0, 0.05) is 19.1 Å². The fourth-order valence-electron chi connectivity index (χ4n) is 2.55. The Kier molecular flexibility index (Phi) is 3.26. The highest BCUT2D eigenvalue weighted by Gasteiger charge is 2.34. The minimum atomic E-state index is 0.0651. The summed E-state index contributed by atoms with van der Waals surface area (Å²) in [5.74, 6) is 0.311. The van der Waals surface area contributed by atoms with Crippen molar-refractivity contribution in [1.82, 2.24) is 4.90 Å². The third kappa shape index (κ3) is 2.32. The van der Waals surface area contributed by atoms with Crippen molar-refractivity contribution in [2.24, 2.45) is 11.7 Å². The lowest BCUT2D eigenvalue weighted by atomic mass is 10.0. The van der Waals surface area contributed by atoms with Crippen molar-refractivity contribution in [3.8, 4) is 0 Å². The van der Waals surface area contributed by atoms with Crippen LogP contribution in [0.25, 0.3) is 0 Å². The molecule has 2 aliphatic rings. The first-order valence-electron chi connectivity index (χ1n) is 5.84. The van der Waals surface area contributed by atoms with Gasteiger partial charge >= 0.3 is 0 Å². The van der Waals surface area contributed by atoms with Gasteiger partial charge in [-0.25, -0.2) is 0 Å². The first-order valence-corrected chi connectivity index (χ1v) is 5.84. The van der Waals surface area contributed by atoms with E-state index in [-0.39, 0.29) is 24.0 Å². The summed E-state index contributed by atoms with van der Waals surface area (Å²) >= 11 is 0. The monoisotopic (exact) mass is 212 g/mol. The van der Waals surface area contributed by atoms with Gasteiger partial charge in [-0.3, -0.25) is 4.79 Å². The maximum atomic E-state index is 12.1. The molecule has 1 aliphatic carbocycles. The van der Waals surface area contributed by atoms with E-state index >= 15 is 0 Å². The fourth-order valence-corrected chi connectivity index (χ4v) is 2.55. The van der Waals surface area contributed by atoms with Crippen LogP contribution in [0.5, 0.6) is 0 Å². The molecule has 2 fully saturated rings. The molecule has 3 unspecified atom stereocenters. The van der Waals surface area contributed by atoms with Gasteiger partial charge in [0.1, 0.15) is 0 Å². The maximum absolute atomic E-state index is 12.1. The van der Waals surface area contributed by atoms with Gasteiger partial charge in [-0.1, -0.05) is 6.42 Å². The van der Waals surface area contributed by atoms with E-state index in [1.165, 1.54) is 0 Å². The molecule has 0 aromatic carbocycles. The fraction of sp³-hybridized carbons (Fsp3) is 0.909. The van der Waals surface area contributed by atoms with Crippen LogP contribution < -0.4 is 5.73 Å². The number of nitrogens with zero attached hydrogens (tertiary/aromatic N) is 1. The first-order chi connectivity index (χ1) is 7.18. The highest BCUT2D eigenvalue weighted by atomic mass is 16.5. The largest absolute Gasteiger partial charge is 0.375 e. The molecule has 4 heteroatoms. The number of carbonyl (C=O) groups excluding carboxylic acids is 1. The third-order valence-corrected chi connectivity index (χ3v) is 3.44. The third-order valence-electron chi connectivity index (χ3n) is 3.44. The molecular formula is C11H20N2O2. The molecule has 0 spiro atoms. The average molecular weight is 212 g/mol. The zero-order valence-electron chi connectivity index (χ0n) is 9.32. The molecule has 3 atom stereocenters. The van der Waals surface area contributed by atoms with Gasteiger partial charge < -0.3 is 15.4 Å². The summed E-state index contributed by atoms with van der Waals surface area (Å²) in [6.07, 6.45) is 3.22. The van der Waals surface area contributed by atoms with Crippen molar-refractivity contribution in [3.63, 3.8) is 0 Å². The van der Waals surface area contributed by atoms with Crippen molar-refractivity contribution in [3.05, 3.63) is 0 Å². The van der Waals surface area contributed by atoms with Gasteiger partial charge in [0.05, 0.1) is 18.6 Å². The Hall–Kier alpha value is -0.610. The van der Waals surface area contributed by atoms with E-state index in [1.54, 1.807) is 0 Å². The smallest absolute Gasteiger partial charge is 0.227 e. The number of morpholine rings is 1. The Morgan fingerprint density at radius 3 is 2.87 bits per heavy atom. The van der Waals surface area contributed by atoms with Crippen LogP contribution in [-0.4, -0.2) is 42.6 Å². The second kappa shape index (κ2) is 4.49. The lowest BCUT2D eigenvalue weighted by Gasteiger charge is -2.33. The van der Waals surface area contributed by atoms with Gasteiger partial charge in [-0.15, -0.1) is 0 Å². The van der Waals surface area contributed by atoms with Crippen molar-refractivity contribution in [2.75, 3.05) is 19.7 Å². The lowest BCUT2D eigenvalue weighted by molar-refractivity contribution is -0.142. The highest BCUT2D eigenvalue weighted by Crippen LogP contribution is 2.26. The predicted molar refractivity (Wildman–Crippen MR) is 57.3 cm³/mol. The normalized spacial score (nSPS) is 36.9. The number of hydrogen-bond acceptors (Lipinski definition) is 3. The van der Waals surface area contributed by atoms with Crippen LogP contribution >= 0.6 is 0 Å². The molecule has 0 bridgehead atoms. The van der Waals surface area contributed by atoms with E-state index in [9.17, 15) is 4.79 Å². The van der Waals surface area contributed by atoms with Crippen molar-refractivity contribution in [1.29, 1.82) is 0 Å². The Morgan fingerprint density at radius 2 is 2.27 bits per heavy atom. The summed E-state index contributed by atoms with van der Waals surface area (Å²) in [6, 6.07) is 0.0793. The summed E-state index contributed by atoms with van der Waals surface area (Å²) in [5, 5.41) is 0. The van der Waals surface area contributed by atoms with Gasteiger partial charge in [0.25, 0.3) is 0 Å². The summed E-state index contributed by atoms with van der Waals surface area (Å²) in [6.45, 7) is 4.12. The van der Waals surface area contributed by atoms with Gasteiger partial charge in [0.2, 0.25) is 5.91 Å².